The van der Waals surface area contributed by atoms with Crippen molar-refractivity contribution in [1.82, 2.24) is 4.90 Å². The van der Waals surface area contributed by atoms with Crippen LogP contribution in [0.2, 0.25) is 0 Å². The first-order valence-electron chi connectivity index (χ1n) is 10.00. The van der Waals surface area contributed by atoms with Gasteiger partial charge in [-0.05, 0) is 37.3 Å². The molecule has 1 fully saturated rings. The maximum atomic E-state index is 12.2. The number of nitrogens with zero attached hydrogens (tertiary/aromatic N) is 1. The lowest BCUT2D eigenvalue weighted by molar-refractivity contribution is -0.128. The summed E-state index contributed by atoms with van der Waals surface area (Å²) >= 11 is 0. The van der Waals surface area contributed by atoms with Crippen LogP contribution in [0.3, 0.4) is 0 Å². The summed E-state index contributed by atoms with van der Waals surface area (Å²) in [5.74, 6) is -0.780. The summed E-state index contributed by atoms with van der Waals surface area (Å²) in [4.78, 5) is 25.3. The van der Waals surface area contributed by atoms with Gasteiger partial charge in [-0.15, -0.1) is 0 Å². The average molecular weight is 373 g/mol. The van der Waals surface area contributed by atoms with E-state index in [1.54, 1.807) is 12.1 Å². The van der Waals surface area contributed by atoms with Crippen LogP contribution < -0.4 is 0 Å². The molecular formula is C22H31NO4. The van der Waals surface area contributed by atoms with Gasteiger partial charge in [0, 0.05) is 13.0 Å². The minimum Gasteiger partial charge on any atom is -0.478 e. The number of aliphatic hydroxyl groups excluding tert-OH is 1. The molecule has 0 radical (unpaired) electrons. The number of aliphatic hydroxyl groups is 1. The molecule has 1 aliphatic heterocycles. The molecule has 1 amide bonds. The Hall–Kier alpha value is -2.14. The number of aromatic carboxylic acids is 1. The Morgan fingerprint density at radius 2 is 2.07 bits per heavy atom. The van der Waals surface area contributed by atoms with Gasteiger partial charge in [0.25, 0.3) is 0 Å². The zero-order valence-corrected chi connectivity index (χ0v) is 16.1. The highest BCUT2D eigenvalue weighted by atomic mass is 16.4. The van der Waals surface area contributed by atoms with Crippen LogP contribution in [0.5, 0.6) is 0 Å². The summed E-state index contributed by atoms with van der Waals surface area (Å²) in [6, 6.07) is 7.05. The number of carboxylic acids is 1. The van der Waals surface area contributed by atoms with Gasteiger partial charge in [0.2, 0.25) is 5.91 Å². The normalized spacial score (nSPS) is 18.4. The zero-order chi connectivity index (χ0) is 19.6. The Morgan fingerprint density at radius 1 is 1.30 bits per heavy atom. The van der Waals surface area contributed by atoms with Gasteiger partial charge in [0.15, 0.2) is 0 Å². The van der Waals surface area contributed by atoms with E-state index in [4.69, 9.17) is 0 Å². The molecule has 5 nitrogen and oxygen atoms in total. The van der Waals surface area contributed by atoms with Gasteiger partial charge in [-0.25, -0.2) is 4.79 Å². The topological polar surface area (TPSA) is 77.8 Å². The van der Waals surface area contributed by atoms with E-state index < -0.39 is 12.1 Å². The highest BCUT2D eigenvalue weighted by Crippen LogP contribution is 2.21. The van der Waals surface area contributed by atoms with Crippen LogP contribution in [-0.4, -0.2) is 45.7 Å². The minimum absolute atomic E-state index is 0.0352. The lowest BCUT2D eigenvalue weighted by Crippen LogP contribution is -2.33. The van der Waals surface area contributed by atoms with Crippen LogP contribution in [0.25, 0.3) is 0 Å². The third-order valence-electron chi connectivity index (χ3n) is 5.13. The van der Waals surface area contributed by atoms with Gasteiger partial charge in [-0.2, -0.15) is 0 Å². The molecule has 2 rings (SSSR count). The molecule has 1 aliphatic rings. The molecule has 1 heterocycles. The number of carbonyl (C=O) groups excluding carboxylic acids is 1. The lowest BCUT2D eigenvalue weighted by Gasteiger charge is -2.23. The van der Waals surface area contributed by atoms with E-state index in [2.05, 4.69) is 6.92 Å². The predicted molar refractivity (Wildman–Crippen MR) is 106 cm³/mol. The first-order valence-corrected chi connectivity index (χ1v) is 10.00. The van der Waals surface area contributed by atoms with Crippen LogP contribution in [0.4, 0.5) is 0 Å². The second-order valence-corrected chi connectivity index (χ2v) is 7.21. The lowest BCUT2D eigenvalue weighted by atomic mass is 10.0. The smallest absolute Gasteiger partial charge is 0.335 e. The van der Waals surface area contributed by atoms with E-state index >= 15 is 0 Å². The largest absolute Gasteiger partial charge is 0.478 e. The fourth-order valence-electron chi connectivity index (χ4n) is 3.59. The number of likely N-dealkylation sites (tertiary alicyclic amines) is 1. The van der Waals surface area contributed by atoms with Gasteiger partial charge >= 0.3 is 5.97 Å². The summed E-state index contributed by atoms with van der Waals surface area (Å²) in [6.45, 7) is 2.74. The number of carbonyl (C=O) groups is 2. The van der Waals surface area contributed by atoms with Gasteiger partial charge < -0.3 is 15.1 Å². The monoisotopic (exact) mass is 373 g/mol. The highest BCUT2D eigenvalue weighted by molar-refractivity contribution is 5.89. The maximum Gasteiger partial charge on any atom is 0.335 e. The molecule has 2 atom stereocenters. The van der Waals surface area contributed by atoms with Crippen LogP contribution >= 0.6 is 0 Å². The second kappa shape index (κ2) is 10.9. The van der Waals surface area contributed by atoms with E-state index in [1.165, 1.54) is 0 Å². The van der Waals surface area contributed by atoms with Crippen molar-refractivity contribution in [2.75, 3.05) is 6.54 Å². The summed E-state index contributed by atoms with van der Waals surface area (Å²) in [7, 11) is 0. The van der Waals surface area contributed by atoms with E-state index in [9.17, 15) is 19.8 Å². The van der Waals surface area contributed by atoms with Crippen molar-refractivity contribution in [2.45, 2.75) is 70.4 Å². The number of hydrogen-bond donors (Lipinski definition) is 2. The summed E-state index contributed by atoms with van der Waals surface area (Å²) in [5.41, 5.74) is 1.13. The molecule has 5 heteroatoms. The second-order valence-electron chi connectivity index (χ2n) is 7.21. The summed E-state index contributed by atoms with van der Waals surface area (Å²) in [5, 5.41) is 19.3. The quantitative estimate of drug-likeness (QED) is 0.457. The molecular weight excluding hydrogens is 342 g/mol. The molecule has 1 unspecified atom stereocenters. The molecule has 0 saturated carbocycles. The van der Waals surface area contributed by atoms with E-state index in [-0.39, 0.29) is 11.9 Å². The first-order chi connectivity index (χ1) is 13.0. The van der Waals surface area contributed by atoms with Crippen molar-refractivity contribution in [2.24, 2.45) is 0 Å². The number of carboxylic acid groups (broad SMARTS) is 1. The van der Waals surface area contributed by atoms with Gasteiger partial charge in [-0.1, -0.05) is 56.5 Å². The Labute approximate surface area is 161 Å². The number of unbranched alkanes of at least 4 members (excludes halogenated alkanes) is 2. The molecule has 0 aromatic heterocycles. The highest BCUT2D eigenvalue weighted by Gasteiger charge is 2.28. The van der Waals surface area contributed by atoms with Gasteiger partial charge in [0.05, 0.1) is 17.7 Å². The fourth-order valence-corrected chi connectivity index (χ4v) is 3.59. The Bertz CT molecular complexity index is 655. The van der Waals surface area contributed by atoms with E-state index in [0.717, 1.165) is 44.1 Å². The third kappa shape index (κ3) is 6.51. The molecule has 1 saturated heterocycles. The number of benzene rings is 1. The summed E-state index contributed by atoms with van der Waals surface area (Å²) in [6.07, 6.45) is 10.0. The molecule has 27 heavy (non-hydrogen) atoms. The van der Waals surface area contributed by atoms with Crippen LogP contribution in [0.15, 0.2) is 36.4 Å². The summed E-state index contributed by atoms with van der Waals surface area (Å²) < 4.78 is 0. The van der Waals surface area contributed by atoms with Crippen molar-refractivity contribution < 1.29 is 19.8 Å². The van der Waals surface area contributed by atoms with E-state index in [0.29, 0.717) is 24.9 Å². The van der Waals surface area contributed by atoms with Crippen molar-refractivity contribution in [1.29, 1.82) is 0 Å². The van der Waals surface area contributed by atoms with Crippen LogP contribution in [0, 0.1) is 0 Å². The predicted octanol–water partition coefficient (Wildman–Crippen LogP) is 3.81. The van der Waals surface area contributed by atoms with Crippen molar-refractivity contribution >= 4 is 11.9 Å². The zero-order valence-electron chi connectivity index (χ0n) is 16.1. The average Bonchev–Trinajstić information content (AvgIpc) is 3.00. The van der Waals surface area contributed by atoms with Crippen molar-refractivity contribution in [3.8, 4) is 0 Å². The number of amides is 1. The minimum atomic E-state index is -0.916. The van der Waals surface area contributed by atoms with E-state index in [1.807, 2.05) is 29.2 Å². The Balaban J connectivity index is 1.87. The Morgan fingerprint density at radius 3 is 2.81 bits per heavy atom. The molecule has 2 N–H and O–H groups in total. The van der Waals surface area contributed by atoms with Crippen molar-refractivity contribution in [3.63, 3.8) is 0 Å². The van der Waals surface area contributed by atoms with Gasteiger partial charge in [-0.3, -0.25) is 4.79 Å². The molecule has 0 bridgehead atoms. The number of aryl methyl sites for hydroxylation is 1. The maximum absolute atomic E-state index is 12.2. The fraction of sp³-hybridized carbons (Fsp3) is 0.545. The first kappa shape index (κ1) is 21.2. The van der Waals surface area contributed by atoms with Crippen LogP contribution in [0.1, 0.15) is 67.8 Å². The third-order valence-corrected chi connectivity index (χ3v) is 5.13. The molecule has 148 valence electrons. The standard InChI is InChI=1S/C22H31NO4/c1-2-3-4-10-19(24)14-12-18-13-15-21(25)23(18)16-7-9-17-8-5-6-11-20(17)22(26)27/h5-6,8,11-12,14,18-19,24H,2-4,7,9-10,13,15-16H2,1H3,(H,26,27)/b14-12+/t18?,19-/m1/s1. The van der Waals surface area contributed by atoms with Crippen molar-refractivity contribution in [3.05, 3.63) is 47.5 Å². The number of hydrogen-bond acceptors (Lipinski definition) is 3. The SMILES string of the molecule is CCCCC[C@@H](O)/C=C/C1CCC(=O)N1CCCc1ccccc1C(=O)O. The molecule has 0 spiro atoms. The molecule has 1 aromatic rings. The Kier molecular flexibility index (Phi) is 8.52. The number of rotatable bonds is 11. The molecule has 1 aromatic carbocycles. The van der Waals surface area contributed by atoms with Gasteiger partial charge in [0.1, 0.15) is 0 Å². The molecule has 0 aliphatic carbocycles. The van der Waals surface area contributed by atoms with Crippen LogP contribution in [-0.2, 0) is 11.2 Å².